The topological polar surface area (TPSA) is 99.8 Å². The second-order valence-corrected chi connectivity index (χ2v) is 7.98. The zero-order valence-corrected chi connectivity index (χ0v) is 18.8. The third-order valence-electron chi connectivity index (χ3n) is 5.52. The van der Waals surface area contributed by atoms with E-state index in [0.717, 1.165) is 5.56 Å². The minimum Gasteiger partial charge on any atom is -0.495 e. The molecule has 0 bridgehead atoms. The second kappa shape index (κ2) is 11.3. The molecule has 3 rings (SSSR count). The summed E-state index contributed by atoms with van der Waals surface area (Å²) in [4.78, 5) is 38.7. The van der Waals surface area contributed by atoms with Gasteiger partial charge in [-0.1, -0.05) is 24.3 Å². The fraction of sp³-hybridized carbons (Fsp3) is 0.375. The molecule has 3 N–H and O–H groups in total. The highest BCUT2D eigenvalue weighted by molar-refractivity contribution is 5.91. The number of rotatable bonds is 7. The van der Waals surface area contributed by atoms with Crippen molar-refractivity contribution >= 4 is 23.5 Å². The van der Waals surface area contributed by atoms with E-state index in [-0.39, 0.29) is 36.1 Å². The first-order valence-electron chi connectivity index (χ1n) is 10.9. The van der Waals surface area contributed by atoms with Crippen molar-refractivity contribution in [3.63, 3.8) is 0 Å². The molecule has 1 heterocycles. The number of hydrogen-bond donors (Lipinski definition) is 3. The van der Waals surface area contributed by atoms with Crippen LogP contribution >= 0.6 is 0 Å². The van der Waals surface area contributed by atoms with Crippen LogP contribution in [0, 0.1) is 5.82 Å². The highest BCUT2D eigenvalue weighted by Gasteiger charge is 2.27. The first-order chi connectivity index (χ1) is 15.9. The molecule has 4 amide bonds. The summed E-state index contributed by atoms with van der Waals surface area (Å²) in [5.74, 6) is -0.398. The summed E-state index contributed by atoms with van der Waals surface area (Å²) in [7, 11) is 1.55. The van der Waals surface area contributed by atoms with Gasteiger partial charge in [-0.3, -0.25) is 9.59 Å². The number of hydrogen-bond acceptors (Lipinski definition) is 4. The van der Waals surface area contributed by atoms with Crippen molar-refractivity contribution in [2.75, 3.05) is 25.5 Å². The fourth-order valence-electron chi connectivity index (χ4n) is 3.78. The minimum absolute atomic E-state index is 0.114. The molecule has 2 aromatic carbocycles. The molecular weight excluding hydrogens is 427 g/mol. The van der Waals surface area contributed by atoms with Crippen molar-refractivity contribution in [1.82, 2.24) is 15.5 Å². The normalized spacial score (nSPS) is 14.8. The third kappa shape index (κ3) is 6.93. The fourth-order valence-corrected chi connectivity index (χ4v) is 3.78. The Hall–Kier alpha value is -3.62. The average Bonchev–Trinajstić information content (AvgIpc) is 2.80. The lowest BCUT2D eigenvalue weighted by Crippen LogP contribution is -2.53. The Balaban J connectivity index is 1.52. The number of amides is 4. The van der Waals surface area contributed by atoms with Crippen LogP contribution in [0.15, 0.2) is 48.5 Å². The maximum atomic E-state index is 13.2. The molecule has 1 atom stereocenters. The van der Waals surface area contributed by atoms with Gasteiger partial charge in [0.25, 0.3) is 0 Å². The van der Waals surface area contributed by atoms with Crippen molar-refractivity contribution in [1.29, 1.82) is 0 Å². The first-order valence-corrected chi connectivity index (χ1v) is 10.9. The second-order valence-electron chi connectivity index (χ2n) is 7.98. The lowest BCUT2D eigenvalue weighted by Gasteiger charge is -2.33. The molecule has 2 aromatic rings. The predicted molar refractivity (Wildman–Crippen MR) is 122 cm³/mol. The van der Waals surface area contributed by atoms with Crippen LogP contribution in [0.5, 0.6) is 5.75 Å². The number of ether oxygens (including phenoxy) is 1. The summed E-state index contributed by atoms with van der Waals surface area (Å²) < 4.78 is 18.4. The number of benzene rings is 2. The SMILES string of the molecule is COc1ccccc1NC(=O)N1CCC(NC(=O)[C@@H](Cc2ccc(F)cc2)NC(C)=O)CC1. The highest BCUT2D eigenvalue weighted by atomic mass is 19.1. The number of carbonyl (C=O) groups is 3. The Morgan fingerprint density at radius 3 is 2.39 bits per heavy atom. The van der Waals surface area contributed by atoms with Crippen LogP contribution in [0.4, 0.5) is 14.9 Å². The molecule has 1 fully saturated rings. The number of nitrogens with zero attached hydrogens (tertiary/aromatic N) is 1. The molecule has 0 aromatic heterocycles. The van der Waals surface area contributed by atoms with E-state index < -0.39 is 6.04 Å². The third-order valence-corrected chi connectivity index (χ3v) is 5.52. The molecule has 0 radical (unpaired) electrons. The Kier molecular flexibility index (Phi) is 8.23. The number of likely N-dealkylation sites (tertiary alicyclic amines) is 1. The van der Waals surface area contributed by atoms with E-state index in [9.17, 15) is 18.8 Å². The van der Waals surface area contributed by atoms with Crippen LogP contribution in [0.2, 0.25) is 0 Å². The number of nitrogens with one attached hydrogen (secondary N) is 3. The molecule has 0 saturated carbocycles. The molecule has 1 aliphatic heterocycles. The lowest BCUT2D eigenvalue weighted by molar-refractivity contribution is -0.128. The summed E-state index contributed by atoms with van der Waals surface area (Å²) in [6.07, 6.45) is 1.44. The van der Waals surface area contributed by atoms with E-state index in [2.05, 4.69) is 16.0 Å². The van der Waals surface area contributed by atoms with Gasteiger partial charge in [-0.25, -0.2) is 9.18 Å². The largest absolute Gasteiger partial charge is 0.495 e. The zero-order valence-electron chi connectivity index (χ0n) is 18.8. The molecule has 9 heteroatoms. The minimum atomic E-state index is -0.764. The van der Waals surface area contributed by atoms with Gasteiger partial charge in [-0.2, -0.15) is 0 Å². The van der Waals surface area contributed by atoms with Gasteiger partial charge in [0.2, 0.25) is 11.8 Å². The molecule has 176 valence electrons. The quantitative estimate of drug-likeness (QED) is 0.597. The van der Waals surface area contributed by atoms with Crippen molar-refractivity contribution in [3.05, 3.63) is 59.9 Å². The summed E-state index contributed by atoms with van der Waals surface area (Å²) >= 11 is 0. The Morgan fingerprint density at radius 1 is 1.09 bits per heavy atom. The maximum Gasteiger partial charge on any atom is 0.321 e. The monoisotopic (exact) mass is 456 g/mol. The molecule has 8 nitrogen and oxygen atoms in total. The van der Waals surface area contributed by atoms with Gasteiger partial charge in [0.15, 0.2) is 0 Å². The molecule has 0 spiro atoms. The Morgan fingerprint density at radius 2 is 1.76 bits per heavy atom. The van der Waals surface area contributed by atoms with Gasteiger partial charge in [0, 0.05) is 32.5 Å². The van der Waals surface area contributed by atoms with Crippen molar-refractivity contribution < 1.29 is 23.5 Å². The lowest BCUT2D eigenvalue weighted by atomic mass is 10.0. The number of para-hydroxylation sites is 2. The molecule has 33 heavy (non-hydrogen) atoms. The smallest absolute Gasteiger partial charge is 0.321 e. The molecule has 0 aliphatic carbocycles. The Bertz CT molecular complexity index is 975. The maximum absolute atomic E-state index is 13.2. The van der Waals surface area contributed by atoms with E-state index >= 15 is 0 Å². The molecular formula is C24H29FN4O4. The van der Waals surface area contributed by atoms with Crippen molar-refractivity contribution in [2.24, 2.45) is 0 Å². The van der Waals surface area contributed by atoms with Crippen LogP contribution in [0.25, 0.3) is 0 Å². The van der Waals surface area contributed by atoms with E-state index in [1.165, 1.54) is 19.1 Å². The van der Waals surface area contributed by atoms with Gasteiger partial charge in [-0.15, -0.1) is 0 Å². The van der Waals surface area contributed by atoms with Gasteiger partial charge in [0.05, 0.1) is 12.8 Å². The predicted octanol–water partition coefficient (Wildman–Crippen LogP) is 2.69. The standard InChI is InChI=1S/C24H29FN4O4/c1-16(30)26-21(15-17-7-9-18(25)10-8-17)23(31)27-19-11-13-29(14-12-19)24(32)28-20-5-3-4-6-22(20)33-2/h3-10,19,21H,11-15H2,1-2H3,(H,26,30)(H,27,31)(H,28,32)/t21-/m1/s1. The number of carbonyl (C=O) groups excluding carboxylic acids is 3. The Labute approximate surface area is 192 Å². The molecule has 1 saturated heterocycles. The zero-order chi connectivity index (χ0) is 23.8. The summed E-state index contributed by atoms with van der Waals surface area (Å²) in [6.45, 7) is 2.31. The number of anilines is 1. The van der Waals surface area contributed by atoms with Gasteiger partial charge in [0.1, 0.15) is 17.6 Å². The van der Waals surface area contributed by atoms with Crippen molar-refractivity contribution in [3.8, 4) is 5.75 Å². The van der Waals surface area contributed by atoms with Crippen LogP contribution in [-0.2, 0) is 16.0 Å². The number of piperidine rings is 1. The number of methoxy groups -OCH3 is 1. The number of halogens is 1. The van der Waals surface area contributed by atoms with E-state index in [1.54, 1.807) is 36.3 Å². The van der Waals surface area contributed by atoms with E-state index in [1.807, 2.05) is 12.1 Å². The van der Waals surface area contributed by atoms with Gasteiger partial charge < -0.3 is 25.6 Å². The summed E-state index contributed by atoms with van der Waals surface area (Å²) in [5, 5.41) is 8.50. The van der Waals surface area contributed by atoms with E-state index in [4.69, 9.17) is 4.74 Å². The summed E-state index contributed by atoms with van der Waals surface area (Å²) in [6, 6.07) is 11.9. The van der Waals surface area contributed by atoms with Crippen LogP contribution in [0.1, 0.15) is 25.3 Å². The van der Waals surface area contributed by atoms with Crippen molar-refractivity contribution in [2.45, 2.75) is 38.3 Å². The average molecular weight is 457 g/mol. The van der Waals surface area contributed by atoms with Gasteiger partial charge >= 0.3 is 6.03 Å². The van der Waals surface area contributed by atoms with E-state index in [0.29, 0.717) is 37.4 Å². The van der Waals surface area contributed by atoms with Crippen LogP contribution in [0.3, 0.4) is 0 Å². The molecule has 0 unspecified atom stereocenters. The first kappa shape index (κ1) is 24.0. The molecule has 1 aliphatic rings. The van der Waals surface area contributed by atoms with Crippen LogP contribution < -0.4 is 20.7 Å². The highest BCUT2D eigenvalue weighted by Crippen LogP contribution is 2.24. The van der Waals surface area contributed by atoms with Crippen LogP contribution in [-0.4, -0.2) is 55.0 Å². The summed E-state index contributed by atoms with van der Waals surface area (Å²) in [5.41, 5.74) is 1.34. The number of urea groups is 1. The van der Waals surface area contributed by atoms with Gasteiger partial charge in [-0.05, 0) is 42.7 Å².